The molecule has 3 aliphatic rings. The molecule has 0 bridgehead atoms. The summed E-state index contributed by atoms with van der Waals surface area (Å²) in [7, 11) is -4.25. The van der Waals surface area contributed by atoms with E-state index < -0.39 is 16.1 Å². The minimum Gasteiger partial charge on any atom is -0.478 e. The number of carbonyl (C=O) groups is 1. The molecular formula is C20H26N4O4S. The first-order valence-electron chi connectivity index (χ1n) is 10.0. The van der Waals surface area contributed by atoms with E-state index in [1.165, 1.54) is 11.1 Å². The van der Waals surface area contributed by atoms with Gasteiger partial charge in [0.1, 0.15) is 0 Å². The molecule has 2 aliphatic carbocycles. The number of allylic oxidation sites excluding steroid dienone is 1. The van der Waals surface area contributed by atoms with Crippen molar-refractivity contribution in [3.8, 4) is 0 Å². The highest BCUT2D eigenvalue weighted by Crippen LogP contribution is 2.38. The molecule has 1 unspecified atom stereocenters. The Hall–Kier alpha value is -2.55. The Kier molecular flexibility index (Phi) is 5.24. The van der Waals surface area contributed by atoms with E-state index in [2.05, 4.69) is 16.7 Å². The van der Waals surface area contributed by atoms with Crippen LogP contribution in [0, 0.1) is 11.3 Å². The Morgan fingerprint density at radius 3 is 2.41 bits per heavy atom. The first-order valence-corrected chi connectivity index (χ1v) is 11.5. The van der Waals surface area contributed by atoms with Crippen molar-refractivity contribution in [3.05, 3.63) is 39.1 Å². The van der Waals surface area contributed by atoms with Crippen molar-refractivity contribution in [1.29, 1.82) is 5.41 Å². The Morgan fingerprint density at radius 1 is 1.21 bits per heavy atom. The van der Waals surface area contributed by atoms with Gasteiger partial charge in [0, 0.05) is 24.4 Å². The van der Waals surface area contributed by atoms with Gasteiger partial charge >= 0.3 is 6.03 Å². The molecule has 0 saturated carbocycles. The zero-order valence-corrected chi connectivity index (χ0v) is 17.2. The van der Waals surface area contributed by atoms with Crippen LogP contribution in [0.1, 0.15) is 42.0 Å². The Balaban J connectivity index is 1.56. The van der Waals surface area contributed by atoms with E-state index in [1.807, 2.05) is 11.6 Å². The van der Waals surface area contributed by atoms with E-state index in [1.54, 1.807) is 0 Å². The number of carbonyl (C=O) groups excluding carboxylic acids is 1. The molecule has 1 aromatic rings. The number of fused-ring (bicyclic) bond motifs is 2. The summed E-state index contributed by atoms with van der Waals surface area (Å²) in [6.45, 7) is 2.85. The first-order chi connectivity index (χ1) is 13.9. The van der Waals surface area contributed by atoms with E-state index in [4.69, 9.17) is 10.1 Å². The first kappa shape index (κ1) is 19.8. The smallest absolute Gasteiger partial charge is 0.333 e. The van der Waals surface area contributed by atoms with E-state index in [0.717, 1.165) is 55.3 Å². The van der Waals surface area contributed by atoms with Gasteiger partial charge in [0.05, 0.1) is 6.61 Å². The number of urea groups is 1. The SMILES string of the molecule is CC1CN/C(=C(\C=N)S(=O)(=O)NC(=O)Nc2c3c(cc4c2CCC4)CCC3)OC1. The highest BCUT2D eigenvalue weighted by atomic mass is 32.2. The summed E-state index contributed by atoms with van der Waals surface area (Å²) in [6.07, 6.45) is 6.52. The lowest BCUT2D eigenvalue weighted by Crippen LogP contribution is -2.39. The normalized spacial score (nSPS) is 22.0. The summed E-state index contributed by atoms with van der Waals surface area (Å²) in [4.78, 5) is 12.2. The molecule has 0 spiro atoms. The van der Waals surface area contributed by atoms with E-state index in [-0.39, 0.29) is 16.7 Å². The van der Waals surface area contributed by atoms with Gasteiger partial charge in [0.25, 0.3) is 10.0 Å². The van der Waals surface area contributed by atoms with Crippen LogP contribution in [0.4, 0.5) is 10.5 Å². The summed E-state index contributed by atoms with van der Waals surface area (Å²) < 4.78 is 32.9. The molecule has 4 rings (SSSR count). The van der Waals surface area contributed by atoms with Crippen LogP contribution in [0.5, 0.6) is 0 Å². The second-order valence-corrected chi connectivity index (χ2v) is 9.58. The van der Waals surface area contributed by atoms with Gasteiger partial charge in [0.15, 0.2) is 4.91 Å². The number of anilines is 1. The molecule has 1 fully saturated rings. The molecular weight excluding hydrogens is 392 g/mol. The van der Waals surface area contributed by atoms with E-state index in [9.17, 15) is 13.2 Å². The fraction of sp³-hybridized carbons (Fsp3) is 0.500. The maximum atomic E-state index is 12.7. The topological polar surface area (TPSA) is 120 Å². The van der Waals surface area contributed by atoms with Crippen LogP contribution in [-0.2, 0) is 40.4 Å². The predicted molar refractivity (Wildman–Crippen MR) is 110 cm³/mol. The molecule has 1 atom stereocenters. The number of ether oxygens (including phenoxy) is 1. The molecule has 156 valence electrons. The molecule has 29 heavy (non-hydrogen) atoms. The van der Waals surface area contributed by atoms with Crippen LogP contribution in [0.2, 0.25) is 0 Å². The van der Waals surface area contributed by atoms with Crippen LogP contribution in [-0.4, -0.2) is 33.8 Å². The molecule has 1 saturated heterocycles. The third-order valence-electron chi connectivity index (χ3n) is 5.71. The monoisotopic (exact) mass is 418 g/mol. The molecule has 4 N–H and O–H groups in total. The number of aryl methyl sites for hydroxylation is 2. The fourth-order valence-electron chi connectivity index (χ4n) is 4.31. The van der Waals surface area contributed by atoms with E-state index >= 15 is 0 Å². The Bertz CT molecular complexity index is 958. The molecule has 1 heterocycles. The Morgan fingerprint density at radius 2 is 1.86 bits per heavy atom. The summed E-state index contributed by atoms with van der Waals surface area (Å²) in [5.41, 5.74) is 5.51. The van der Waals surface area contributed by atoms with Gasteiger partial charge in [-0.2, -0.15) is 0 Å². The molecule has 0 radical (unpaired) electrons. The van der Waals surface area contributed by atoms with Crippen molar-refractivity contribution in [1.82, 2.24) is 10.0 Å². The molecule has 9 heteroatoms. The number of hydrogen-bond acceptors (Lipinski definition) is 6. The molecule has 1 aromatic carbocycles. The third-order valence-corrected chi connectivity index (χ3v) is 7.04. The zero-order valence-electron chi connectivity index (χ0n) is 16.4. The van der Waals surface area contributed by atoms with Gasteiger partial charge in [-0.25, -0.2) is 17.9 Å². The van der Waals surface area contributed by atoms with Crippen LogP contribution in [0.15, 0.2) is 16.9 Å². The average molecular weight is 419 g/mol. The number of amides is 2. The zero-order chi connectivity index (χ0) is 20.6. The van der Waals surface area contributed by atoms with Crippen molar-refractivity contribution < 1.29 is 17.9 Å². The van der Waals surface area contributed by atoms with Gasteiger partial charge in [-0.3, -0.25) is 0 Å². The standard InChI is InChI=1S/C20H26N4O4S/c1-12-10-22-19(28-11-12)17(9-21)29(26,27)24-20(25)23-18-15-6-2-4-13(15)8-14-5-3-7-16(14)18/h8-9,12,21-22H,2-7,10-11H2,1H3,(H2,23,24,25)/b19-17-,21-9?. The quantitative estimate of drug-likeness (QED) is 0.559. The predicted octanol–water partition coefficient (Wildman–Crippen LogP) is 2.19. The summed E-state index contributed by atoms with van der Waals surface area (Å²) >= 11 is 0. The lowest BCUT2D eigenvalue weighted by Gasteiger charge is -2.25. The second kappa shape index (κ2) is 7.70. The fourth-order valence-corrected chi connectivity index (χ4v) is 5.24. The molecule has 0 aromatic heterocycles. The maximum Gasteiger partial charge on any atom is 0.333 e. The van der Waals surface area contributed by atoms with Gasteiger partial charge in [0.2, 0.25) is 5.88 Å². The minimum atomic E-state index is -4.25. The maximum absolute atomic E-state index is 12.7. The highest BCUT2D eigenvalue weighted by Gasteiger charge is 2.29. The molecule has 8 nitrogen and oxygen atoms in total. The van der Waals surface area contributed by atoms with Crippen molar-refractivity contribution >= 4 is 28.0 Å². The molecule has 2 amide bonds. The minimum absolute atomic E-state index is 0.0000977. The van der Waals surface area contributed by atoms with Gasteiger partial charge in [-0.05, 0) is 60.8 Å². The number of sulfonamides is 1. The van der Waals surface area contributed by atoms with Gasteiger partial charge in [-0.15, -0.1) is 0 Å². The number of benzene rings is 1. The lowest BCUT2D eigenvalue weighted by atomic mass is 9.99. The van der Waals surface area contributed by atoms with Crippen LogP contribution >= 0.6 is 0 Å². The summed E-state index contributed by atoms with van der Waals surface area (Å²) in [5, 5.41) is 13.2. The van der Waals surface area contributed by atoms with Gasteiger partial charge < -0.3 is 20.8 Å². The third kappa shape index (κ3) is 3.83. The van der Waals surface area contributed by atoms with Crippen LogP contribution < -0.4 is 15.4 Å². The molecule has 1 aliphatic heterocycles. The van der Waals surface area contributed by atoms with Crippen molar-refractivity contribution in [3.63, 3.8) is 0 Å². The second-order valence-electron chi connectivity index (χ2n) is 7.93. The van der Waals surface area contributed by atoms with Crippen LogP contribution in [0.25, 0.3) is 0 Å². The van der Waals surface area contributed by atoms with Crippen molar-refractivity contribution in [2.45, 2.75) is 45.4 Å². The number of rotatable bonds is 4. The number of nitrogens with one attached hydrogen (secondary N) is 4. The largest absolute Gasteiger partial charge is 0.478 e. The van der Waals surface area contributed by atoms with Crippen LogP contribution in [0.3, 0.4) is 0 Å². The van der Waals surface area contributed by atoms with Crippen molar-refractivity contribution in [2.75, 3.05) is 18.5 Å². The highest BCUT2D eigenvalue weighted by molar-refractivity contribution is 7.94. The van der Waals surface area contributed by atoms with E-state index in [0.29, 0.717) is 19.4 Å². The lowest BCUT2D eigenvalue weighted by molar-refractivity contribution is 0.117. The number of hydrogen-bond donors (Lipinski definition) is 4. The summed E-state index contributed by atoms with van der Waals surface area (Å²) in [6, 6.07) is 1.43. The van der Waals surface area contributed by atoms with Gasteiger partial charge in [-0.1, -0.05) is 13.0 Å². The Labute approximate surface area is 170 Å². The van der Waals surface area contributed by atoms with Crippen molar-refractivity contribution in [2.24, 2.45) is 5.92 Å². The average Bonchev–Trinajstić information content (AvgIpc) is 3.32. The summed E-state index contributed by atoms with van der Waals surface area (Å²) in [5.74, 6) is 0.229.